The van der Waals surface area contributed by atoms with Crippen molar-refractivity contribution < 1.29 is 18.4 Å². The lowest BCUT2D eigenvalue weighted by atomic mass is 10.1. The van der Waals surface area contributed by atoms with Gasteiger partial charge in [0, 0.05) is 29.4 Å². The molecule has 0 fully saturated rings. The van der Waals surface area contributed by atoms with Crippen LogP contribution >= 0.6 is 0 Å². The van der Waals surface area contributed by atoms with Gasteiger partial charge in [0.05, 0.1) is 0 Å². The Bertz CT molecular complexity index is 746. The minimum absolute atomic E-state index is 0.154. The highest BCUT2D eigenvalue weighted by Gasteiger charge is 2.10. The molecule has 2 aromatic rings. The first-order valence-corrected chi connectivity index (χ1v) is 8.16. The monoisotopic (exact) mass is 346 g/mol. The van der Waals surface area contributed by atoms with E-state index in [2.05, 4.69) is 17.6 Å². The lowest BCUT2D eigenvalue weighted by Gasteiger charge is -2.07. The third kappa shape index (κ3) is 5.38. The molecule has 0 aliphatic heterocycles. The van der Waals surface area contributed by atoms with Crippen molar-refractivity contribution in [1.82, 2.24) is 5.32 Å². The third-order valence-electron chi connectivity index (χ3n) is 3.65. The van der Waals surface area contributed by atoms with Gasteiger partial charge in [0.15, 0.2) is 11.6 Å². The van der Waals surface area contributed by atoms with Gasteiger partial charge in [-0.05, 0) is 42.8 Å². The Morgan fingerprint density at radius 2 is 1.52 bits per heavy atom. The average Bonchev–Trinajstić information content (AvgIpc) is 2.62. The molecule has 2 amide bonds. The number of benzene rings is 2. The van der Waals surface area contributed by atoms with Crippen LogP contribution in [0.3, 0.4) is 0 Å². The smallest absolute Gasteiger partial charge is 0.255 e. The molecule has 0 saturated heterocycles. The normalized spacial score (nSPS) is 10.4. The molecule has 0 aromatic heterocycles. The van der Waals surface area contributed by atoms with E-state index in [1.54, 1.807) is 12.1 Å². The Balaban J connectivity index is 1.95. The second-order valence-electron chi connectivity index (χ2n) is 5.62. The maximum Gasteiger partial charge on any atom is 0.255 e. The summed E-state index contributed by atoms with van der Waals surface area (Å²) in [6.07, 6.45) is 3.07. The predicted molar refractivity (Wildman–Crippen MR) is 92.6 cm³/mol. The molecule has 2 rings (SSSR count). The van der Waals surface area contributed by atoms with Gasteiger partial charge in [-0.3, -0.25) is 9.59 Å². The molecular weight excluding hydrogens is 326 g/mol. The van der Waals surface area contributed by atoms with Crippen LogP contribution in [0.5, 0.6) is 0 Å². The SMILES string of the molecule is CCCCCNC(=O)c1ccc(C(=O)Nc2ccc(F)c(F)c2)cc1. The van der Waals surface area contributed by atoms with Crippen molar-refractivity contribution in [3.8, 4) is 0 Å². The number of unbranched alkanes of at least 4 members (excludes halogenated alkanes) is 2. The summed E-state index contributed by atoms with van der Waals surface area (Å²) in [6.45, 7) is 2.71. The summed E-state index contributed by atoms with van der Waals surface area (Å²) in [5.41, 5.74) is 0.926. The lowest BCUT2D eigenvalue weighted by molar-refractivity contribution is 0.0951. The van der Waals surface area contributed by atoms with E-state index in [-0.39, 0.29) is 11.6 Å². The maximum absolute atomic E-state index is 13.2. The summed E-state index contributed by atoms with van der Waals surface area (Å²) in [5, 5.41) is 5.29. The van der Waals surface area contributed by atoms with E-state index < -0.39 is 17.5 Å². The number of anilines is 1. The van der Waals surface area contributed by atoms with Crippen LogP contribution in [0.25, 0.3) is 0 Å². The minimum atomic E-state index is -1.03. The van der Waals surface area contributed by atoms with E-state index in [1.807, 2.05) is 0 Å². The molecule has 132 valence electrons. The topological polar surface area (TPSA) is 58.2 Å². The van der Waals surface area contributed by atoms with Crippen molar-refractivity contribution in [2.75, 3.05) is 11.9 Å². The first kappa shape index (κ1) is 18.6. The number of carbonyl (C=O) groups is 2. The van der Waals surface area contributed by atoms with Gasteiger partial charge in [0.2, 0.25) is 0 Å². The van der Waals surface area contributed by atoms with Gasteiger partial charge in [-0.25, -0.2) is 8.78 Å². The highest BCUT2D eigenvalue weighted by atomic mass is 19.2. The average molecular weight is 346 g/mol. The molecule has 6 heteroatoms. The van der Waals surface area contributed by atoms with Crippen LogP contribution in [0.1, 0.15) is 46.9 Å². The van der Waals surface area contributed by atoms with E-state index in [4.69, 9.17) is 0 Å². The molecule has 0 unspecified atom stereocenters. The van der Waals surface area contributed by atoms with E-state index in [1.165, 1.54) is 18.2 Å². The molecule has 0 radical (unpaired) electrons. The van der Waals surface area contributed by atoms with Crippen molar-refractivity contribution in [3.05, 3.63) is 65.2 Å². The van der Waals surface area contributed by atoms with Crippen molar-refractivity contribution in [3.63, 3.8) is 0 Å². The number of rotatable bonds is 7. The Labute approximate surface area is 145 Å². The first-order valence-electron chi connectivity index (χ1n) is 8.16. The van der Waals surface area contributed by atoms with Crippen LogP contribution in [0.15, 0.2) is 42.5 Å². The molecule has 4 nitrogen and oxygen atoms in total. The number of nitrogens with one attached hydrogen (secondary N) is 2. The number of hydrogen-bond donors (Lipinski definition) is 2. The maximum atomic E-state index is 13.2. The van der Waals surface area contributed by atoms with E-state index in [0.29, 0.717) is 17.7 Å². The molecule has 0 saturated carbocycles. The van der Waals surface area contributed by atoms with Crippen LogP contribution in [0, 0.1) is 11.6 Å². The summed E-state index contributed by atoms with van der Waals surface area (Å²) >= 11 is 0. The number of halogens is 2. The second-order valence-corrected chi connectivity index (χ2v) is 5.62. The summed E-state index contributed by atoms with van der Waals surface area (Å²) in [6, 6.07) is 9.24. The molecule has 0 spiro atoms. The van der Waals surface area contributed by atoms with Gasteiger partial charge in [0.1, 0.15) is 0 Å². The van der Waals surface area contributed by atoms with Crippen LogP contribution in [-0.2, 0) is 0 Å². The van der Waals surface area contributed by atoms with Crippen LogP contribution in [-0.4, -0.2) is 18.4 Å². The van der Waals surface area contributed by atoms with Gasteiger partial charge < -0.3 is 10.6 Å². The van der Waals surface area contributed by atoms with Crippen molar-refractivity contribution in [2.45, 2.75) is 26.2 Å². The van der Waals surface area contributed by atoms with Crippen LogP contribution in [0.2, 0.25) is 0 Å². The first-order chi connectivity index (χ1) is 12.0. The van der Waals surface area contributed by atoms with Gasteiger partial charge in [-0.15, -0.1) is 0 Å². The zero-order valence-corrected chi connectivity index (χ0v) is 13.9. The van der Waals surface area contributed by atoms with Gasteiger partial charge >= 0.3 is 0 Å². The zero-order valence-electron chi connectivity index (χ0n) is 13.9. The minimum Gasteiger partial charge on any atom is -0.352 e. The molecule has 0 heterocycles. The molecule has 0 atom stereocenters. The summed E-state index contributed by atoms with van der Waals surface area (Å²) in [4.78, 5) is 24.1. The standard InChI is InChI=1S/C19H20F2N2O2/c1-2-3-4-11-22-18(24)13-5-7-14(8-6-13)19(25)23-15-9-10-16(20)17(21)12-15/h5-10,12H,2-4,11H2,1H3,(H,22,24)(H,23,25). The van der Waals surface area contributed by atoms with E-state index in [9.17, 15) is 18.4 Å². The molecule has 2 N–H and O–H groups in total. The number of hydrogen-bond acceptors (Lipinski definition) is 2. The molecule has 25 heavy (non-hydrogen) atoms. The van der Waals surface area contributed by atoms with Crippen molar-refractivity contribution in [2.24, 2.45) is 0 Å². The Hall–Kier alpha value is -2.76. The molecule has 0 aliphatic carbocycles. The molecule has 0 aliphatic rings. The second kappa shape index (κ2) is 8.92. The molecule has 2 aromatic carbocycles. The summed E-state index contributed by atoms with van der Waals surface area (Å²) in [5.74, 6) is -2.68. The Morgan fingerprint density at radius 1 is 0.880 bits per heavy atom. The zero-order chi connectivity index (χ0) is 18.2. The fourth-order valence-corrected chi connectivity index (χ4v) is 2.23. The molecule has 0 bridgehead atoms. The van der Waals surface area contributed by atoms with Crippen molar-refractivity contribution in [1.29, 1.82) is 0 Å². The number of carbonyl (C=O) groups excluding carboxylic acids is 2. The van der Waals surface area contributed by atoms with Crippen molar-refractivity contribution >= 4 is 17.5 Å². The van der Waals surface area contributed by atoms with Crippen LogP contribution in [0.4, 0.5) is 14.5 Å². The largest absolute Gasteiger partial charge is 0.352 e. The fourth-order valence-electron chi connectivity index (χ4n) is 2.23. The third-order valence-corrected chi connectivity index (χ3v) is 3.65. The number of amides is 2. The molecular formula is C19H20F2N2O2. The Morgan fingerprint density at radius 3 is 2.12 bits per heavy atom. The van der Waals surface area contributed by atoms with Crippen LogP contribution < -0.4 is 10.6 Å². The summed E-state index contributed by atoms with van der Waals surface area (Å²) < 4.78 is 26.0. The van der Waals surface area contributed by atoms with Gasteiger partial charge in [-0.1, -0.05) is 19.8 Å². The van der Waals surface area contributed by atoms with Gasteiger partial charge in [-0.2, -0.15) is 0 Å². The quantitative estimate of drug-likeness (QED) is 0.741. The highest BCUT2D eigenvalue weighted by molar-refractivity contribution is 6.05. The summed E-state index contributed by atoms with van der Waals surface area (Å²) in [7, 11) is 0. The highest BCUT2D eigenvalue weighted by Crippen LogP contribution is 2.14. The predicted octanol–water partition coefficient (Wildman–Crippen LogP) is 4.14. The fraction of sp³-hybridized carbons (Fsp3) is 0.263. The van der Waals surface area contributed by atoms with Gasteiger partial charge in [0.25, 0.3) is 11.8 Å². The van der Waals surface area contributed by atoms with E-state index >= 15 is 0 Å². The lowest BCUT2D eigenvalue weighted by Crippen LogP contribution is -2.24. The Kier molecular flexibility index (Phi) is 6.62. The van der Waals surface area contributed by atoms with E-state index in [0.717, 1.165) is 31.4 Å².